The van der Waals surface area contributed by atoms with Gasteiger partial charge in [-0.2, -0.15) is 4.98 Å². The first-order valence-electron chi connectivity index (χ1n) is 6.70. The zero-order valence-electron chi connectivity index (χ0n) is 12.6. The van der Waals surface area contributed by atoms with E-state index in [4.69, 9.17) is 4.74 Å². The van der Waals surface area contributed by atoms with E-state index in [1.54, 1.807) is 20.2 Å². The molecule has 0 radical (unpaired) electrons. The summed E-state index contributed by atoms with van der Waals surface area (Å²) in [5, 5.41) is 5.81. The number of ether oxygens (including phenoxy) is 1. The van der Waals surface area contributed by atoms with Gasteiger partial charge in [-0.3, -0.25) is 0 Å². The van der Waals surface area contributed by atoms with Crippen LogP contribution in [-0.4, -0.2) is 54.7 Å². The number of aromatic nitrogens is 2. The molecule has 0 unspecified atom stereocenters. The van der Waals surface area contributed by atoms with Gasteiger partial charge >= 0.3 is 6.03 Å². The number of nitrogens with one attached hydrogen (secondary N) is 2. The van der Waals surface area contributed by atoms with Crippen LogP contribution in [0.15, 0.2) is 6.07 Å². The normalized spacial score (nSPS) is 10.0. The maximum atomic E-state index is 11.3. The highest BCUT2D eigenvalue weighted by atomic mass is 16.5. The van der Waals surface area contributed by atoms with E-state index in [9.17, 15) is 4.79 Å². The van der Waals surface area contributed by atoms with E-state index in [-0.39, 0.29) is 6.03 Å². The predicted octanol–water partition coefficient (Wildman–Crippen LogP) is 1.26. The van der Waals surface area contributed by atoms with Crippen LogP contribution in [-0.2, 0) is 0 Å². The SMILES string of the molecule is CCCOc1cc(C)nc(NCCNC(=O)N(C)C)n1. The van der Waals surface area contributed by atoms with Gasteiger partial charge in [0, 0.05) is 38.9 Å². The number of carbonyl (C=O) groups excluding carboxylic acids is 1. The molecule has 0 bridgehead atoms. The number of nitrogens with zero attached hydrogens (tertiary/aromatic N) is 3. The standard InChI is InChI=1S/C13H23N5O2/c1-5-8-20-11-9-10(2)16-12(17-11)14-6-7-15-13(19)18(3)4/h9H,5-8H2,1-4H3,(H,15,19)(H,14,16,17). The van der Waals surface area contributed by atoms with Crippen LogP contribution >= 0.6 is 0 Å². The maximum absolute atomic E-state index is 11.3. The molecule has 0 aromatic carbocycles. The topological polar surface area (TPSA) is 79.4 Å². The summed E-state index contributed by atoms with van der Waals surface area (Å²) in [5.74, 6) is 1.08. The largest absolute Gasteiger partial charge is 0.478 e. The molecule has 0 fully saturated rings. The van der Waals surface area contributed by atoms with Gasteiger partial charge in [0.25, 0.3) is 0 Å². The molecule has 0 spiro atoms. The van der Waals surface area contributed by atoms with E-state index in [0.29, 0.717) is 31.5 Å². The Balaban J connectivity index is 2.43. The Morgan fingerprint density at radius 2 is 2.10 bits per heavy atom. The summed E-state index contributed by atoms with van der Waals surface area (Å²) in [7, 11) is 3.40. The molecule has 1 heterocycles. The van der Waals surface area contributed by atoms with Crippen molar-refractivity contribution in [1.29, 1.82) is 0 Å². The Hall–Kier alpha value is -2.05. The van der Waals surface area contributed by atoms with Gasteiger partial charge in [0.1, 0.15) is 0 Å². The lowest BCUT2D eigenvalue weighted by Gasteiger charge is -2.12. The van der Waals surface area contributed by atoms with E-state index < -0.39 is 0 Å². The van der Waals surface area contributed by atoms with E-state index in [2.05, 4.69) is 20.6 Å². The summed E-state index contributed by atoms with van der Waals surface area (Å²) in [6.45, 7) is 5.62. The van der Waals surface area contributed by atoms with Gasteiger partial charge in [0.05, 0.1) is 6.61 Å². The Morgan fingerprint density at radius 1 is 1.35 bits per heavy atom. The first-order chi connectivity index (χ1) is 9.52. The molecule has 0 aliphatic rings. The molecule has 112 valence electrons. The van der Waals surface area contributed by atoms with Crippen LogP contribution in [0.4, 0.5) is 10.7 Å². The molecule has 2 N–H and O–H groups in total. The summed E-state index contributed by atoms with van der Waals surface area (Å²) in [4.78, 5) is 21.3. The molecule has 1 aromatic heterocycles. The number of urea groups is 1. The van der Waals surface area contributed by atoms with Gasteiger partial charge in [-0.05, 0) is 13.3 Å². The average Bonchev–Trinajstić information content (AvgIpc) is 2.40. The van der Waals surface area contributed by atoms with Gasteiger partial charge < -0.3 is 20.3 Å². The lowest BCUT2D eigenvalue weighted by Crippen LogP contribution is -2.37. The summed E-state index contributed by atoms with van der Waals surface area (Å²) in [6, 6.07) is 1.68. The molecule has 0 saturated carbocycles. The third-order valence-electron chi connectivity index (χ3n) is 2.38. The second kappa shape index (κ2) is 8.19. The molecule has 0 aliphatic heterocycles. The molecule has 0 aliphatic carbocycles. The fourth-order valence-corrected chi connectivity index (χ4v) is 1.40. The first-order valence-corrected chi connectivity index (χ1v) is 6.70. The van der Waals surface area contributed by atoms with E-state index in [1.807, 2.05) is 13.8 Å². The van der Waals surface area contributed by atoms with Crippen molar-refractivity contribution in [3.8, 4) is 5.88 Å². The molecule has 20 heavy (non-hydrogen) atoms. The van der Waals surface area contributed by atoms with Crippen molar-refractivity contribution < 1.29 is 9.53 Å². The van der Waals surface area contributed by atoms with Crippen LogP contribution in [0.5, 0.6) is 5.88 Å². The van der Waals surface area contributed by atoms with Crippen molar-refractivity contribution in [3.63, 3.8) is 0 Å². The van der Waals surface area contributed by atoms with Gasteiger partial charge in [-0.15, -0.1) is 0 Å². The smallest absolute Gasteiger partial charge is 0.316 e. The molecular weight excluding hydrogens is 258 g/mol. The lowest BCUT2D eigenvalue weighted by molar-refractivity contribution is 0.218. The van der Waals surface area contributed by atoms with Crippen LogP contribution in [0.1, 0.15) is 19.0 Å². The zero-order chi connectivity index (χ0) is 15.0. The van der Waals surface area contributed by atoms with E-state index in [1.165, 1.54) is 4.90 Å². The average molecular weight is 281 g/mol. The van der Waals surface area contributed by atoms with Crippen molar-refractivity contribution in [2.75, 3.05) is 39.1 Å². The monoisotopic (exact) mass is 281 g/mol. The highest BCUT2D eigenvalue weighted by molar-refractivity contribution is 5.73. The van der Waals surface area contributed by atoms with Gasteiger partial charge in [-0.25, -0.2) is 9.78 Å². The van der Waals surface area contributed by atoms with Crippen LogP contribution in [0.2, 0.25) is 0 Å². The highest BCUT2D eigenvalue weighted by Crippen LogP contribution is 2.11. The Bertz CT molecular complexity index is 437. The number of aryl methyl sites for hydroxylation is 1. The number of carbonyl (C=O) groups is 1. The van der Waals surface area contributed by atoms with Crippen molar-refractivity contribution in [3.05, 3.63) is 11.8 Å². The number of anilines is 1. The third kappa shape index (κ3) is 5.73. The van der Waals surface area contributed by atoms with Crippen LogP contribution in [0.3, 0.4) is 0 Å². The minimum absolute atomic E-state index is 0.121. The summed E-state index contributed by atoms with van der Waals surface area (Å²) in [6.07, 6.45) is 0.933. The number of hydrogen-bond acceptors (Lipinski definition) is 5. The van der Waals surface area contributed by atoms with Gasteiger partial charge in [-0.1, -0.05) is 6.92 Å². The van der Waals surface area contributed by atoms with Crippen molar-refractivity contribution in [1.82, 2.24) is 20.2 Å². The van der Waals surface area contributed by atoms with Crippen molar-refractivity contribution >= 4 is 12.0 Å². The summed E-state index contributed by atoms with van der Waals surface area (Å²) in [5.41, 5.74) is 0.839. The van der Waals surface area contributed by atoms with Gasteiger partial charge in [0.15, 0.2) is 0 Å². The lowest BCUT2D eigenvalue weighted by atomic mass is 10.4. The fourth-order valence-electron chi connectivity index (χ4n) is 1.40. The number of hydrogen-bond donors (Lipinski definition) is 2. The zero-order valence-corrected chi connectivity index (χ0v) is 12.6. The van der Waals surface area contributed by atoms with Crippen LogP contribution in [0.25, 0.3) is 0 Å². The molecule has 0 atom stereocenters. The van der Waals surface area contributed by atoms with Crippen molar-refractivity contribution in [2.45, 2.75) is 20.3 Å². The summed E-state index contributed by atoms with van der Waals surface area (Å²) >= 11 is 0. The molecule has 7 nitrogen and oxygen atoms in total. The van der Waals surface area contributed by atoms with Crippen LogP contribution in [0, 0.1) is 6.92 Å². The third-order valence-corrected chi connectivity index (χ3v) is 2.38. The second-order valence-corrected chi connectivity index (χ2v) is 4.57. The molecular formula is C13H23N5O2. The molecule has 0 saturated heterocycles. The molecule has 7 heteroatoms. The quantitative estimate of drug-likeness (QED) is 0.735. The first kappa shape index (κ1) is 16.0. The molecule has 1 rings (SSSR count). The molecule has 1 aromatic rings. The Kier molecular flexibility index (Phi) is 6.55. The van der Waals surface area contributed by atoms with E-state index in [0.717, 1.165) is 12.1 Å². The predicted molar refractivity (Wildman–Crippen MR) is 78.1 cm³/mol. The maximum Gasteiger partial charge on any atom is 0.316 e. The second-order valence-electron chi connectivity index (χ2n) is 4.57. The minimum atomic E-state index is -0.121. The number of rotatable bonds is 7. The van der Waals surface area contributed by atoms with Crippen molar-refractivity contribution in [2.24, 2.45) is 0 Å². The minimum Gasteiger partial charge on any atom is -0.478 e. The number of amides is 2. The summed E-state index contributed by atoms with van der Waals surface area (Å²) < 4.78 is 5.49. The Labute approximate surface area is 119 Å². The van der Waals surface area contributed by atoms with Crippen LogP contribution < -0.4 is 15.4 Å². The molecule has 2 amide bonds. The fraction of sp³-hybridized carbons (Fsp3) is 0.615. The van der Waals surface area contributed by atoms with E-state index >= 15 is 0 Å². The Morgan fingerprint density at radius 3 is 2.75 bits per heavy atom. The highest BCUT2D eigenvalue weighted by Gasteiger charge is 2.04. The van der Waals surface area contributed by atoms with Gasteiger partial charge in [0.2, 0.25) is 11.8 Å².